The molecule has 1 N–H and O–H groups in total. The quantitative estimate of drug-likeness (QED) is 0.720. The van der Waals surface area contributed by atoms with Gasteiger partial charge in [0, 0.05) is 17.7 Å². The van der Waals surface area contributed by atoms with Gasteiger partial charge in [0.25, 0.3) is 0 Å². The fourth-order valence-electron chi connectivity index (χ4n) is 1.22. The molecule has 1 aromatic heterocycles. The highest BCUT2D eigenvalue weighted by Crippen LogP contribution is 2.23. The molecule has 0 fully saturated rings. The Morgan fingerprint density at radius 3 is 3.15 bits per heavy atom. The normalized spacial score (nSPS) is 10.2. The van der Waals surface area contributed by atoms with Crippen LogP contribution in [-0.2, 0) is 4.79 Å². The second-order valence-electron chi connectivity index (χ2n) is 2.77. The summed E-state index contributed by atoms with van der Waals surface area (Å²) in [6, 6.07) is 6.54. The predicted octanol–water partition coefficient (Wildman–Crippen LogP) is 2.19. The maximum absolute atomic E-state index is 10.8. The van der Waals surface area contributed by atoms with Crippen LogP contribution in [0.2, 0.25) is 0 Å². The molecule has 0 aliphatic heterocycles. The number of carbonyl (C=O) groups excluding carboxylic acids is 1. The highest BCUT2D eigenvalue weighted by molar-refractivity contribution is 6.00. The molecule has 2 aromatic rings. The van der Waals surface area contributed by atoms with E-state index in [-0.39, 0.29) is 5.91 Å². The van der Waals surface area contributed by atoms with E-state index in [1.807, 2.05) is 0 Å². The molecule has 1 amide bonds. The molecule has 2 rings (SSSR count). The van der Waals surface area contributed by atoms with Crippen LogP contribution in [0, 0.1) is 6.07 Å². The number of anilines is 1. The summed E-state index contributed by atoms with van der Waals surface area (Å²) in [6.07, 6.45) is 3.19. The summed E-state index contributed by atoms with van der Waals surface area (Å²) in [5.41, 5.74) is 0.759. The first-order chi connectivity index (χ1) is 6.27. The van der Waals surface area contributed by atoms with E-state index < -0.39 is 0 Å². The molecule has 13 heavy (non-hydrogen) atoms. The summed E-state index contributed by atoms with van der Waals surface area (Å²) in [5, 5.41) is 4.45. The first kappa shape index (κ1) is 7.86. The molecule has 0 bridgehead atoms. The minimum Gasteiger partial charge on any atom is -0.471 e. The Morgan fingerprint density at radius 2 is 2.38 bits per heavy atom. The molecular weight excluding hydrogens is 166 g/mol. The summed E-state index contributed by atoms with van der Waals surface area (Å²) in [4.78, 5) is 10.8. The van der Waals surface area contributed by atoms with Crippen molar-refractivity contribution in [1.29, 1.82) is 0 Å². The highest BCUT2D eigenvalue weighted by atomic mass is 16.3. The summed E-state index contributed by atoms with van der Waals surface area (Å²) in [5.74, 6) is -0.0892. The van der Waals surface area contributed by atoms with Gasteiger partial charge in [0.2, 0.25) is 5.91 Å². The molecule has 0 unspecified atom stereocenters. The number of hydrogen-bond donors (Lipinski definition) is 1. The number of carbonyl (C=O) groups is 1. The minimum absolute atomic E-state index is 0.0892. The van der Waals surface area contributed by atoms with Crippen molar-refractivity contribution in [3.8, 4) is 0 Å². The average molecular weight is 174 g/mol. The lowest BCUT2D eigenvalue weighted by Crippen LogP contribution is -2.05. The fraction of sp³-hybridized carbons (Fsp3) is 0.100. The van der Waals surface area contributed by atoms with Crippen molar-refractivity contribution in [2.45, 2.75) is 6.92 Å². The number of nitrogens with one attached hydrogen (secondary N) is 1. The number of rotatable bonds is 1. The van der Waals surface area contributed by atoms with Crippen LogP contribution in [0.1, 0.15) is 6.92 Å². The van der Waals surface area contributed by atoms with E-state index in [9.17, 15) is 4.79 Å². The zero-order valence-electron chi connectivity index (χ0n) is 7.13. The monoisotopic (exact) mass is 174 g/mol. The molecule has 3 heteroatoms. The van der Waals surface area contributed by atoms with Crippen LogP contribution in [0.3, 0.4) is 0 Å². The van der Waals surface area contributed by atoms with E-state index in [4.69, 9.17) is 4.42 Å². The van der Waals surface area contributed by atoms with Crippen LogP contribution in [-0.4, -0.2) is 5.91 Å². The van der Waals surface area contributed by atoms with Crippen LogP contribution >= 0.6 is 0 Å². The van der Waals surface area contributed by atoms with Gasteiger partial charge in [-0.3, -0.25) is 4.79 Å². The summed E-state index contributed by atoms with van der Waals surface area (Å²) < 4.78 is 5.00. The average Bonchev–Trinajstić information content (AvgIpc) is 2.51. The van der Waals surface area contributed by atoms with Crippen molar-refractivity contribution in [2.75, 3.05) is 5.32 Å². The van der Waals surface area contributed by atoms with E-state index in [1.54, 1.807) is 24.7 Å². The molecule has 1 radical (unpaired) electrons. The van der Waals surface area contributed by atoms with Crippen molar-refractivity contribution in [2.24, 2.45) is 0 Å². The Morgan fingerprint density at radius 1 is 1.54 bits per heavy atom. The predicted molar refractivity (Wildman–Crippen MR) is 49.4 cm³/mol. The molecule has 0 aliphatic carbocycles. The fourth-order valence-corrected chi connectivity index (χ4v) is 1.22. The van der Waals surface area contributed by atoms with Gasteiger partial charge in [-0.15, -0.1) is 0 Å². The third kappa shape index (κ3) is 1.40. The maximum Gasteiger partial charge on any atom is 0.221 e. The molecule has 0 atom stereocenters. The topological polar surface area (TPSA) is 42.2 Å². The lowest BCUT2D eigenvalue weighted by molar-refractivity contribution is -0.114. The van der Waals surface area contributed by atoms with Crippen LogP contribution in [0.25, 0.3) is 10.8 Å². The SMILES string of the molecule is CC(=O)Nc1cc[c]c2cocc12. The molecule has 0 spiro atoms. The Balaban J connectivity index is 2.54. The van der Waals surface area contributed by atoms with Crippen LogP contribution in [0.15, 0.2) is 29.1 Å². The van der Waals surface area contributed by atoms with E-state index >= 15 is 0 Å². The third-order valence-corrected chi connectivity index (χ3v) is 1.75. The third-order valence-electron chi connectivity index (χ3n) is 1.75. The van der Waals surface area contributed by atoms with Crippen molar-refractivity contribution >= 4 is 22.4 Å². The summed E-state index contributed by atoms with van der Waals surface area (Å²) in [7, 11) is 0. The number of fused-ring (bicyclic) bond motifs is 1. The van der Waals surface area contributed by atoms with Crippen LogP contribution in [0.5, 0.6) is 0 Å². The molecule has 3 nitrogen and oxygen atoms in total. The van der Waals surface area contributed by atoms with E-state index in [0.717, 1.165) is 16.5 Å². The van der Waals surface area contributed by atoms with Gasteiger partial charge in [0.1, 0.15) is 6.26 Å². The minimum atomic E-state index is -0.0892. The molecule has 65 valence electrons. The maximum atomic E-state index is 10.8. The summed E-state index contributed by atoms with van der Waals surface area (Å²) >= 11 is 0. The lowest BCUT2D eigenvalue weighted by atomic mass is 10.2. The second kappa shape index (κ2) is 2.94. The van der Waals surface area contributed by atoms with Gasteiger partial charge in [-0.25, -0.2) is 0 Å². The largest absolute Gasteiger partial charge is 0.471 e. The standard InChI is InChI=1S/C10H8NO2/c1-7(12)11-10-4-2-3-8-5-13-6-9(8)10/h2,4-6H,1H3,(H,11,12). The van der Waals surface area contributed by atoms with E-state index in [0.29, 0.717) is 0 Å². The molecule has 0 aliphatic rings. The first-order valence-electron chi connectivity index (χ1n) is 3.91. The molecule has 0 saturated heterocycles. The molecule has 1 heterocycles. The van der Waals surface area contributed by atoms with Gasteiger partial charge in [-0.1, -0.05) is 6.07 Å². The Kier molecular flexibility index (Phi) is 1.77. The van der Waals surface area contributed by atoms with Gasteiger partial charge in [0.15, 0.2) is 0 Å². The second-order valence-corrected chi connectivity index (χ2v) is 2.77. The first-order valence-corrected chi connectivity index (χ1v) is 3.91. The van der Waals surface area contributed by atoms with Gasteiger partial charge in [0.05, 0.1) is 12.0 Å². The van der Waals surface area contributed by atoms with E-state index in [2.05, 4.69) is 11.4 Å². The Bertz CT molecular complexity index is 445. The van der Waals surface area contributed by atoms with Crippen molar-refractivity contribution in [3.05, 3.63) is 30.7 Å². The van der Waals surface area contributed by atoms with Gasteiger partial charge < -0.3 is 9.73 Å². The zero-order chi connectivity index (χ0) is 9.26. The van der Waals surface area contributed by atoms with E-state index in [1.165, 1.54) is 6.92 Å². The van der Waals surface area contributed by atoms with Crippen molar-refractivity contribution < 1.29 is 9.21 Å². The van der Waals surface area contributed by atoms with Crippen molar-refractivity contribution in [3.63, 3.8) is 0 Å². The van der Waals surface area contributed by atoms with Crippen LogP contribution < -0.4 is 5.32 Å². The Hall–Kier alpha value is -1.77. The Labute approximate surface area is 75.3 Å². The molecule has 0 saturated carbocycles. The van der Waals surface area contributed by atoms with Crippen LogP contribution in [0.4, 0.5) is 5.69 Å². The van der Waals surface area contributed by atoms with Gasteiger partial charge >= 0.3 is 0 Å². The number of amides is 1. The summed E-state index contributed by atoms with van der Waals surface area (Å²) in [6.45, 7) is 1.47. The lowest BCUT2D eigenvalue weighted by Gasteiger charge is -2.01. The smallest absolute Gasteiger partial charge is 0.221 e. The number of hydrogen-bond acceptors (Lipinski definition) is 2. The highest BCUT2D eigenvalue weighted by Gasteiger charge is 2.03. The van der Waals surface area contributed by atoms with Gasteiger partial charge in [-0.05, 0) is 12.1 Å². The number of benzene rings is 1. The zero-order valence-corrected chi connectivity index (χ0v) is 7.13. The number of furan rings is 1. The molecule has 1 aromatic carbocycles. The van der Waals surface area contributed by atoms with Gasteiger partial charge in [-0.2, -0.15) is 0 Å². The molecular formula is C10H8NO2. The van der Waals surface area contributed by atoms with Crippen molar-refractivity contribution in [1.82, 2.24) is 0 Å².